The van der Waals surface area contributed by atoms with E-state index < -0.39 is 0 Å². The van der Waals surface area contributed by atoms with Gasteiger partial charge in [-0.3, -0.25) is 9.79 Å². The first kappa shape index (κ1) is 12.8. The van der Waals surface area contributed by atoms with Crippen LogP contribution in [0.1, 0.15) is 18.1 Å². The summed E-state index contributed by atoms with van der Waals surface area (Å²) in [5.74, 6) is 0.0502. The highest BCUT2D eigenvalue weighted by Gasteiger charge is 2.18. The Morgan fingerprint density at radius 1 is 1.44 bits per heavy atom. The molecule has 0 fully saturated rings. The number of hydrogen-bond donors (Lipinski definition) is 1. The summed E-state index contributed by atoms with van der Waals surface area (Å²) in [4.78, 5) is 19.1. The summed E-state index contributed by atoms with van der Waals surface area (Å²) in [6.07, 6.45) is 0. The van der Waals surface area contributed by atoms with Crippen molar-refractivity contribution in [1.29, 1.82) is 0 Å². The van der Waals surface area contributed by atoms with Crippen LogP contribution in [0.5, 0.6) is 0 Å². The largest absolute Gasteiger partial charge is 0.334 e. The summed E-state index contributed by atoms with van der Waals surface area (Å²) in [6, 6.07) is 6.24. The fourth-order valence-electron chi connectivity index (χ4n) is 1.47. The number of aliphatic imine (C=N–C) groups is 2. The highest BCUT2D eigenvalue weighted by atomic mass is 32.2. The van der Waals surface area contributed by atoms with Crippen LogP contribution in [-0.2, 0) is 4.79 Å². The van der Waals surface area contributed by atoms with E-state index in [0.29, 0.717) is 5.17 Å². The van der Waals surface area contributed by atoms with Crippen molar-refractivity contribution in [2.45, 2.75) is 20.8 Å². The molecule has 0 saturated heterocycles. The van der Waals surface area contributed by atoms with Gasteiger partial charge in [0.25, 0.3) is 0 Å². The van der Waals surface area contributed by atoms with E-state index in [0.717, 1.165) is 10.9 Å². The van der Waals surface area contributed by atoms with Crippen molar-refractivity contribution >= 4 is 33.6 Å². The van der Waals surface area contributed by atoms with Crippen LogP contribution in [0.3, 0.4) is 0 Å². The first-order chi connectivity index (χ1) is 8.54. The lowest BCUT2D eigenvalue weighted by Crippen LogP contribution is -2.20. The van der Waals surface area contributed by atoms with Gasteiger partial charge in [0.15, 0.2) is 16.1 Å². The van der Waals surface area contributed by atoms with Gasteiger partial charge in [-0.25, -0.2) is 0 Å². The molecule has 1 aromatic rings. The molecule has 1 aliphatic heterocycles. The zero-order valence-electron chi connectivity index (χ0n) is 10.7. The number of nitrogens with one attached hydrogen (secondary N) is 1. The van der Waals surface area contributed by atoms with Crippen molar-refractivity contribution in [3.63, 3.8) is 0 Å². The molecule has 4 nitrogen and oxygen atoms in total. The maximum Gasteiger partial charge on any atom is 0.193 e. The summed E-state index contributed by atoms with van der Waals surface area (Å²) < 4.78 is 0. The Balaban J connectivity index is 2.01. The number of carbonyl (C=O) groups is 1. The van der Waals surface area contributed by atoms with Gasteiger partial charge in [0.05, 0.1) is 0 Å². The topological polar surface area (TPSA) is 53.8 Å². The minimum Gasteiger partial charge on any atom is -0.334 e. The Labute approximate surface area is 111 Å². The molecule has 1 heterocycles. The van der Waals surface area contributed by atoms with E-state index in [4.69, 9.17) is 0 Å². The number of anilines is 1. The number of thioether (sulfide) groups is 1. The first-order valence-corrected chi connectivity index (χ1v) is 6.51. The lowest BCUT2D eigenvalue weighted by molar-refractivity contribution is -0.115. The van der Waals surface area contributed by atoms with E-state index in [1.54, 1.807) is 0 Å². The number of carbonyl (C=O) groups excluding carboxylic acids is 1. The van der Waals surface area contributed by atoms with Gasteiger partial charge in [0, 0.05) is 5.69 Å². The van der Waals surface area contributed by atoms with Gasteiger partial charge in [-0.1, -0.05) is 12.1 Å². The fraction of sp³-hybridized carbons (Fsp3) is 0.308. The molecule has 2 rings (SSSR count). The molecule has 0 radical (unpaired) electrons. The smallest absolute Gasteiger partial charge is 0.193 e. The third-order valence-electron chi connectivity index (χ3n) is 2.46. The van der Waals surface area contributed by atoms with E-state index >= 15 is 0 Å². The number of ketones is 1. The molecule has 0 bridgehead atoms. The zero-order chi connectivity index (χ0) is 13.1. The quantitative estimate of drug-likeness (QED) is 0.910. The Morgan fingerprint density at radius 2 is 2.17 bits per heavy atom. The predicted octanol–water partition coefficient (Wildman–Crippen LogP) is 2.76. The van der Waals surface area contributed by atoms with Crippen LogP contribution < -0.4 is 5.32 Å². The maximum absolute atomic E-state index is 10.8. The van der Waals surface area contributed by atoms with Crippen LogP contribution in [0.2, 0.25) is 0 Å². The molecule has 1 aliphatic rings. The zero-order valence-corrected chi connectivity index (χ0v) is 11.5. The van der Waals surface area contributed by atoms with Crippen molar-refractivity contribution in [2.75, 3.05) is 11.9 Å². The Kier molecular flexibility index (Phi) is 3.81. The van der Waals surface area contributed by atoms with Crippen molar-refractivity contribution in [1.82, 2.24) is 0 Å². The van der Waals surface area contributed by atoms with E-state index in [2.05, 4.69) is 47.3 Å². The average Bonchev–Trinajstić information content (AvgIpc) is 2.25. The predicted molar refractivity (Wildman–Crippen MR) is 77.5 cm³/mol. The number of Topliss-reactive ketones (excluding diaryl/α,β-unsaturated/α-hetero) is 1. The normalized spacial score (nSPS) is 16.2. The molecule has 0 saturated carbocycles. The summed E-state index contributed by atoms with van der Waals surface area (Å²) in [5.41, 5.74) is 3.45. The van der Waals surface area contributed by atoms with Gasteiger partial charge in [-0.15, -0.1) is 0 Å². The van der Waals surface area contributed by atoms with Gasteiger partial charge < -0.3 is 5.32 Å². The second-order valence-corrected chi connectivity index (χ2v) is 5.22. The van der Waals surface area contributed by atoms with Crippen LogP contribution in [-0.4, -0.2) is 22.7 Å². The fourth-order valence-corrected chi connectivity index (χ4v) is 2.07. The Morgan fingerprint density at radius 3 is 2.83 bits per heavy atom. The molecule has 18 heavy (non-hydrogen) atoms. The Hall–Kier alpha value is -1.62. The van der Waals surface area contributed by atoms with Crippen LogP contribution >= 0.6 is 11.8 Å². The molecule has 1 N–H and O–H groups in total. The van der Waals surface area contributed by atoms with E-state index in [1.165, 1.54) is 29.8 Å². The van der Waals surface area contributed by atoms with Crippen LogP contribution in [0.25, 0.3) is 0 Å². The summed E-state index contributed by atoms with van der Waals surface area (Å²) >= 11 is 1.46. The van der Waals surface area contributed by atoms with Crippen molar-refractivity contribution in [3.8, 4) is 0 Å². The van der Waals surface area contributed by atoms with E-state index in [-0.39, 0.29) is 12.3 Å². The van der Waals surface area contributed by atoms with Gasteiger partial charge >= 0.3 is 0 Å². The standard InChI is InChI=1S/C13H15N3OS/c1-8-4-5-9(2)11(6-8)15-13-16-12(18-13)14-7-10(3)17/h4-6H,7H2,1-3H3,(H,14,15,16). The van der Waals surface area contributed by atoms with Gasteiger partial charge in [0.1, 0.15) is 6.54 Å². The number of amidine groups is 2. The lowest BCUT2D eigenvalue weighted by atomic mass is 10.1. The van der Waals surface area contributed by atoms with Crippen LogP contribution in [0.15, 0.2) is 28.2 Å². The monoisotopic (exact) mass is 261 g/mol. The first-order valence-electron chi connectivity index (χ1n) is 5.69. The molecule has 0 aliphatic carbocycles. The van der Waals surface area contributed by atoms with Crippen molar-refractivity contribution < 1.29 is 4.79 Å². The highest BCUT2D eigenvalue weighted by molar-refractivity contribution is 8.29. The number of aryl methyl sites for hydroxylation is 2. The molecule has 5 heteroatoms. The van der Waals surface area contributed by atoms with Gasteiger partial charge in [0.2, 0.25) is 0 Å². The lowest BCUT2D eigenvalue weighted by Gasteiger charge is -2.17. The van der Waals surface area contributed by atoms with Crippen LogP contribution in [0, 0.1) is 13.8 Å². The number of hydrogen-bond acceptors (Lipinski definition) is 4. The number of benzene rings is 1. The minimum absolute atomic E-state index is 0.0502. The third kappa shape index (κ3) is 3.20. The van der Waals surface area contributed by atoms with Gasteiger partial charge in [-0.05, 0) is 49.7 Å². The molecular weight excluding hydrogens is 246 g/mol. The molecule has 1 aromatic carbocycles. The molecule has 0 amide bonds. The molecular formula is C13H15N3OS. The molecule has 0 unspecified atom stereocenters. The second-order valence-electron chi connectivity index (χ2n) is 4.26. The average molecular weight is 261 g/mol. The van der Waals surface area contributed by atoms with E-state index in [1.807, 2.05) is 0 Å². The second kappa shape index (κ2) is 5.35. The number of nitrogens with zero attached hydrogens (tertiary/aromatic N) is 2. The third-order valence-corrected chi connectivity index (χ3v) is 3.25. The van der Waals surface area contributed by atoms with Crippen molar-refractivity contribution in [3.05, 3.63) is 29.3 Å². The maximum atomic E-state index is 10.8. The summed E-state index contributed by atoms with van der Waals surface area (Å²) in [5, 5.41) is 4.74. The van der Waals surface area contributed by atoms with Crippen molar-refractivity contribution in [2.24, 2.45) is 9.98 Å². The SMILES string of the molecule is CC(=O)CN=C1N=C(Nc2cc(C)ccc2C)S1. The summed E-state index contributed by atoms with van der Waals surface area (Å²) in [6.45, 7) is 5.84. The Bertz CT molecular complexity index is 549. The number of rotatable bonds is 3. The molecule has 94 valence electrons. The summed E-state index contributed by atoms with van der Waals surface area (Å²) in [7, 11) is 0. The minimum atomic E-state index is 0.0502. The molecule has 0 spiro atoms. The van der Waals surface area contributed by atoms with E-state index in [9.17, 15) is 4.79 Å². The molecule has 0 atom stereocenters. The van der Waals surface area contributed by atoms with Crippen LogP contribution in [0.4, 0.5) is 5.69 Å². The highest BCUT2D eigenvalue weighted by Crippen LogP contribution is 2.24. The molecule has 0 aromatic heterocycles. The van der Waals surface area contributed by atoms with Gasteiger partial charge in [-0.2, -0.15) is 4.99 Å².